The highest BCUT2D eigenvalue weighted by molar-refractivity contribution is 5.74. The summed E-state index contributed by atoms with van der Waals surface area (Å²) in [6.07, 6.45) is 0.369. The molecule has 6 nitrogen and oxygen atoms in total. The number of amides is 1. The maximum atomic E-state index is 11.9. The van der Waals surface area contributed by atoms with Crippen LogP contribution in [0.2, 0.25) is 0 Å². The zero-order chi connectivity index (χ0) is 16.7. The van der Waals surface area contributed by atoms with Crippen molar-refractivity contribution in [1.82, 2.24) is 5.32 Å². The Labute approximate surface area is 135 Å². The van der Waals surface area contributed by atoms with Gasteiger partial charge >= 0.3 is 12.1 Å². The van der Waals surface area contributed by atoms with Crippen LogP contribution in [0, 0.1) is 5.92 Å². The number of esters is 1. The number of carbonyl (C=O) groups excluding carboxylic acids is 2. The lowest BCUT2D eigenvalue weighted by molar-refractivity contribution is -0.154. The standard InChI is InChI=1S/C17H23NO5/c1-2-22-16(20)13-9-6-10-14(15(13)19)18-17(21)23-11-12-7-4-3-5-8-12/h3-5,7-8,13-15,19H,2,6,9-11H2,1H3,(H,18,21)/t13-,14+,15-/m0/s1. The summed E-state index contributed by atoms with van der Waals surface area (Å²) in [5, 5.41) is 12.9. The molecule has 6 heteroatoms. The van der Waals surface area contributed by atoms with Gasteiger partial charge in [0.25, 0.3) is 0 Å². The minimum Gasteiger partial charge on any atom is -0.466 e. The van der Waals surface area contributed by atoms with Gasteiger partial charge in [0.15, 0.2) is 0 Å². The number of aliphatic hydroxyl groups excluding tert-OH is 1. The van der Waals surface area contributed by atoms with E-state index in [1.807, 2.05) is 30.3 Å². The van der Waals surface area contributed by atoms with Crippen molar-refractivity contribution in [3.63, 3.8) is 0 Å². The maximum absolute atomic E-state index is 11.9. The SMILES string of the molecule is CCOC(=O)[C@H]1CCC[C@@H](NC(=O)OCc2ccccc2)[C@H]1O. The Morgan fingerprint density at radius 2 is 1.96 bits per heavy atom. The van der Waals surface area contributed by atoms with Crippen molar-refractivity contribution in [2.24, 2.45) is 5.92 Å². The van der Waals surface area contributed by atoms with E-state index in [-0.39, 0.29) is 13.2 Å². The molecule has 0 saturated heterocycles. The largest absolute Gasteiger partial charge is 0.466 e. The molecule has 1 amide bonds. The highest BCUT2D eigenvalue weighted by Gasteiger charge is 2.38. The highest BCUT2D eigenvalue weighted by atomic mass is 16.5. The summed E-state index contributed by atoms with van der Waals surface area (Å²) in [7, 11) is 0. The molecule has 0 aromatic heterocycles. The van der Waals surface area contributed by atoms with Crippen molar-refractivity contribution in [3.05, 3.63) is 35.9 Å². The fraction of sp³-hybridized carbons (Fsp3) is 0.529. The first-order chi connectivity index (χ1) is 11.1. The second-order valence-electron chi connectivity index (χ2n) is 5.59. The molecule has 3 atom stereocenters. The molecule has 0 heterocycles. The number of carbonyl (C=O) groups is 2. The smallest absolute Gasteiger partial charge is 0.407 e. The van der Waals surface area contributed by atoms with Gasteiger partial charge in [-0.3, -0.25) is 4.79 Å². The van der Waals surface area contributed by atoms with Crippen LogP contribution in [0.25, 0.3) is 0 Å². The first kappa shape index (κ1) is 17.3. The Morgan fingerprint density at radius 3 is 2.65 bits per heavy atom. The van der Waals surface area contributed by atoms with Crippen molar-refractivity contribution >= 4 is 12.1 Å². The van der Waals surface area contributed by atoms with Gasteiger partial charge in [-0.1, -0.05) is 36.8 Å². The fourth-order valence-corrected chi connectivity index (χ4v) is 2.76. The summed E-state index contributed by atoms with van der Waals surface area (Å²) in [6, 6.07) is 8.84. The number of hydrogen-bond acceptors (Lipinski definition) is 5. The highest BCUT2D eigenvalue weighted by Crippen LogP contribution is 2.26. The maximum Gasteiger partial charge on any atom is 0.407 e. The van der Waals surface area contributed by atoms with E-state index in [9.17, 15) is 14.7 Å². The van der Waals surface area contributed by atoms with Crippen molar-refractivity contribution in [2.75, 3.05) is 6.61 Å². The van der Waals surface area contributed by atoms with Crippen LogP contribution in [-0.2, 0) is 20.9 Å². The van der Waals surface area contributed by atoms with Crippen LogP contribution in [0.4, 0.5) is 4.79 Å². The molecule has 1 aromatic carbocycles. The van der Waals surface area contributed by atoms with Crippen LogP contribution < -0.4 is 5.32 Å². The monoisotopic (exact) mass is 321 g/mol. The van der Waals surface area contributed by atoms with Gasteiger partial charge in [-0.15, -0.1) is 0 Å². The molecule has 1 aliphatic carbocycles. The summed E-state index contributed by atoms with van der Waals surface area (Å²) in [5.74, 6) is -1.01. The number of hydrogen-bond donors (Lipinski definition) is 2. The fourth-order valence-electron chi connectivity index (χ4n) is 2.76. The molecule has 1 saturated carbocycles. The summed E-state index contributed by atoms with van der Waals surface area (Å²) < 4.78 is 10.1. The first-order valence-electron chi connectivity index (χ1n) is 7.93. The van der Waals surface area contributed by atoms with Crippen LogP contribution in [-0.4, -0.2) is 35.9 Å². The van der Waals surface area contributed by atoms with Crippen LogP contribution in [0.15, 0.2) is 30.3 Å². The van der Waals surface area contributed by atoms with Crippen LogP contribution in [0.5, 0.6) is 0 Å². The molecule has 2 rings (SSSR count). The lowest BCUT2D eigenvalue weighted by Gasteiger charge is -2.33. The molecule has 126 valence electrons. The van der Waals surface area contributed by atoms with E-state index in [0.717, 1.165) is 12.0 Å². The first-order valence-corrected chi connectivity index (χ1v) is 7.93. The number of alkyl carbamates (subject to hydrolysis) is 1. The molecule has 0 radical (unpaired) electrons. The van der Waals surface area contributed by atoms with E-state index in [0.29, 0.717) is 12.8 Å². The second kappa shape index (κ2) is 8.53. The summed E-state index contributed by atoms with van der Waals surface area (Å²) in [6.45, 7) is 2.17. The third kappa shape index (κ3) is 4.96. The second-order valence-corrected chi connectivity index (χ2v) is 5.59. The average Bonchev–Trinajstić information content (AvgIpc) is 2.56. The van der Waals surface area contributed by atoms with E-state index in [2.05, 4.69) is 5.32 Å². The molecule has 2 N–H and O–H groups in total. The molecule has 1 aliphatic rings. The zero-order valence-corrected chi connectivity index (χ0v) is 13.2. The van der Waals surface area contributed by atoms with Gasteiger partial charge in [0.05, 0.1) is 24.7 Å². The van der Waals surface area contributed by atoms with E-state index in [1.54, 1.807) is 6.92 Å². The van der Waals surface area contributed by atoms with Crippen molar-refractivity contribution in [2.45, 2.75) is 44.9 Å². The van der Waals surface area contributed by atoms with E-state index < -0.39 is 30.1 Å². The van der Waals surface area contributed by atoms with E-state index in [1.165, 1.54) is 0 Å². The molecule has 0 bridgehead atoms. The minimum absolute atomic E-state index is 0.163. The number of aliphatic hydroxyl groups is 1. The third-order valence-electron chi connectivity index (χ3n) is 3.96. The summed E-state index contributed by atoms with van der Waals surface area (Å²) in [4.78, 5) is 23.7. The molecule has 23 heavy (non-hydrogen) atoms. The van der Waals surface area contributed by atoms with Gasteiger partial charge in [-0.25, -0.2) is 4.79 Å². The number of ether oxygens (including phenoxy) is 2. The Bertz CT molecular complexity index is 519. The lowest BCUT2D eigenvalue weighted by atomic mass is 9.83. The van der Waals surface area contributed by atoms with Crippen molar-refractivity contribution in [1.29, 1.82) is 0 Å². The Morgan fingerprint density at radius 1 is 1.22 bits per heavy atom. The number of benzene rings is 1. The van der Waals surface area contributed by atoms with Gasteiger partial charge in [0.2, 0.25) is 0 Å². The quantitative estimate of drug-likeness (QED) is 0.810. The molecular formula is C17H23NO5. The Hall–Kier alpha value is -2.08. The van der Waals surface area contributed by atoms with Crippen LogP contribution in [0.3, 0.4) is 0 Å². The molecule has 0 spiro atoms. The topological polar surface area (TPSA) is 84.9 Å². The Balaban J connectivity index is 1.83. The van der Waals surface area contributed by atoms with Crippen molar-refractivity contribution in [3.8, 4) is 0 Å². The van der Waals surface area contributed by atoms with E-state index in [4.69, 9.17) is 9.47 Å². The van der Waals surface area contributed by atoms with Gasteiger partial charge in [0.1, 0.15) is 6.61 Å². The predicted molar refractivity (Wildman–Crippen MR) is 83.5 cm³/mol. The van der Waals surface area contributed by atoms with Crippen LogP contribution >= 0.6 is 0 Å². The summed E-state index contributed by atoms with van der Waals surface area (Å²) in [5.41, 5.74) is 0.885. The van der Waals surface area contributed by atoms with Gasteiger partial charge in [-0.05, 0) is 25.3 Å². The third-order valence-corrected chi connectivity index (χ3v) is 3.96. The molecule has 1 fully saturated rings. The van der Waals surface area contributed by atoms with Gasteiger partial charge < -0.3 is 19.9 Å². The van der Waals surface area contributed by atoms with Gasteiger partial charge in [-0.2, -0.15) is 0 Å². The molecule has 0 aliphatic heterocycles. The van der Waals surface area contributed by atoms with Crippen molar-refractivity contribution < 1.29 is 24.2 Å². The summed E-state index contributed by atoms with van der Waals surface area (Å²) >= 11 is 0. The Kier molecular flexibility index (Phi) is 6.40. The lowest BCUT2D eigenvalue weighted by Crippen LogP contribution is -2.51. The molecular weight excluding hydrogens is 298 g/mol. The normalized spacial score (nSPS) is 23.8. The minimum atomic E-state index is -0.952. The predicted octanol–water partition coefficient (Wildman–Crippen LogP) is 2.01. The molecule has 0 unspecified atom stereocenters. The van der Waals surface area contributed by atoms with Crippen LogP contribution in [0.1, 0.15) is 31.7 Å². The number of nitrogens with one attached hydrogen (secondary N) is 1. The molecule has 1 aromatic rings. The van der Waals surface area contributed by atoms with Gasteiger partial charge in [0, 0.05) is 0 Å². The number of rotatable bonds is 5. The zero-order valence-electron chi connectivity index (χ0n) is 13.2. The average molecular weight is 321 g/mol. The van der Waals surface area contributed by atoms with E-state index >= 15 is 0 Å².